The number of phenols is 1. The molecule has 5 atom stereocenters. The second-order valence-electron chi connectivity index (χ2n) is 6.32. The Labute approximate surface area is 156 Å². The predicted octanol–water partition coefficient (Wildman–Crippen LogP) is 0.741. The molecule has 1 saturated heterocycles. The van der Waals surface area contributed by atoms with Gasteiger partial charge in [0.05, 0.1) is 6.61 Å². The van der Waals surface area contributed by atoms with E-state index in [1.165, 1.54) is 6.07 Å². The van der Waals surface area contributed by atoms with E-state index in [0.29, 0.717) is 5.56 Å². The largest absolute Gasteiger partial charge is 0.508 e. The molecule has 1 aliphatic heterocycles. The molecule has 0 spiro atoms. The summed E-state index contributed by atoms with van der Waals surface area (Å²) < 4.78 is 10.9. The SMILES string of the molecule is OC[C@H]1O[C@@H](Oc2cc(O)cc(C=Cc3ccccc3)c2)[C@H](O)[C@@H](O)[C@@H]1O. The van der Waals surface area contributed by atoms with E-state index in [1.54, 1.807) is 18.2 Å². The van der Waals surface area contributed by atoms with Gasteiger partial charge in [-0.05, 0) is 23.3 Å². The molecular weight excluding hydrogens is 352 g/mol. The first kappa shape index (κ1) is 19.3. The van der Waals surface area contributed by atoms with Gasteiger partial charge < -0.3 is 35.0 Å². The van der Waals surface area contributed by atoms with E-state index in [-0.39, 0.29) is 11.5 Å². The molecule has 7 nitrogen and oxygen atoms in total. The molecule has 2 aromatic carbocycles. The van der Waals surface area contributed by atoms with Crippen LogP contribution in [-0.4, -0.2) is 62.8 Å². The quantitative estimate of drug-likeness (QED) is 0.490. The maximum Gasteiger partial charge on any atom is 0.229 e. The lowest BCUT2D eigenvalue weighted by molar-refractivity contribution is -0.277. The molecule has 1 aliphatic rings. The average Bonchev–Trinajstić information content (AvgIpc) is 2.67. The van der Waals surface area contributed by atoms with Gasteiger partial charge in [0.25, 0.3) is 0 Å². The molecule has 3 rings (SSSR count). The molecule has 0 saturated carbocycles. The molecular formula is C20H22O7. The highest BCUT2D eigenvalue weighted by Crippen LogP contribution is 2.28. The molecule has 0 radical (unpaired) electrons. The van der Waals surface area contributed by atoms with Crippen LogP contribution in [0.4, 0.5) is 0 Å². The van der Waals surface area contributed by atoms with Gasteiger partial charge in [-0.1, -0.05) is 42.5 Å². The van der Waals surface area contributed by atoms with Gasteiger partial charge in [-0.15, -0.1) is 0 Å². The lowest BCUT2D eigenvalue weighted by atomic mass is 9.99. The third-order valence-electron chi connectivity index (χ3n) is 4.28. The second kappa shape index (κ2) is 8.51. The Hall–Kier alpha value is -2.42. The Kier molecular flexibility index (Phi) is 6.10. The van der Waals surface area contributed by atoms with Crippen LogP contribution in [0.15, 0.2) is 48.5 Å². The van der Waals surface area contributed by atoms with E-state index in [1.807, 2.05) is 36.4 Å². The van der Waals surface area contributed by atoms with Crippen LogP contribution >= 0.6 is 0 Å². The zero-order valence-corrected chi connectivity index (χ0v) is 14.4. The van der Waals surface area contributed by atoms with Crippen LogP contribution in [0.1, 0.15) is 11.1 Å². The Morgan fingerprint density at radius 2 is 1.59 bits per heavy atom. The van der Waals surface area contributed by atoms with E-state index in [4.69, 9.17) is 9.47 Å². The molecule has 27 heavy (non-hydrogen) atoms. The fraction of sp³-hybridized carbons (Fsp3) is 0.300. The molecule has 1 heterocycles. The first-order chi connectivity index (χ1) is 13.0. The number of aliphatic hydroxyl groups excluding tert-OH is 4. The van der Waals surface area contributed by atoms with E-state index in [2.05, 4.69) is 0 Å². The second-order valence-corrected chi connectivity index (χ2v) is 6.32. The Morgan fingerprint density at radius 1 is 0.889 bits per heavy atom. The van der Waals surface area contributed by atoms with E-state index >= 15 is 0 Å². The molecule has 0 unspecified atom stereocenters. The molecule has 0 aliphatic carbocycles. The number of benzene rings is 2. The predicted molar refractivity (Wildman–Crippen MR) is 97.9 cm³/mol. The van der Waals surface area contributed by atoms with Crippen molar-refractivity contribution in [3.63, 3.8) is 0 Å². The summed E-state index contributed by atoms with van der Waals surface area (Å²) in [5, 5.41) is 48.9. The Bertz CT molecular complexity index is 775. The summed E-state index contributed by atoms with van der Waals surface area (Å²) in [7, 11) is 0. The fourth-order valence-electron chi connectivity index (χ4n) is 2.83. The number of hydrogen-bond donors (Lipinski definition) is 5. The highest BCUT2D eigenvalue weighted by Gasteiger charge is 2.44. The van der Waals surface area contributed by atoms with Gasteiger partial charge in [0.1, 0.15) is 35.9 Å². The molecule has 5 N–H and O–H groups in total. The third kappa shape index (κ3) is 4.65. The minimum absolute atomic E-state index is 0.0511. The smallest absolute Gasteiger partial charge is 0.229 e. The van der Waals surface area contributed by atoms with Crippen molar-refractivity contribution in [1.29, 1.82) is 0 Å². The lowest BCUT2D eigenvalue weighted by Gasteiger charge is -2.39. The summed E-state index contributed by atoms with van der Waals surface area (Å²) in [5.41, 5.74) is 1.63. The molecule has 0 bridgehead atoms. The zero-order chi connectivity index (χ0) is 19.4. The molecule has 0 aromatic heterocycles. The molecule has 1 fully saturated rings. The van der Waals surface area contributed by atoms with Gasteiger partial charge in [-0.25, -0.2) is 0 Å². The summed E-state index contributed by atoms with van der Waals surface area (Å²) in [6.45, 7) is -0.546. The van der Waals surface area contributed by atoms with Crippen molar-refractivity contribution in [2.24, 2.45) is 0 Å². The number of hydrogen-bond acceptors (Lipinski definition) is 7. The number of phenolic OH excluding ortho intramolecular Hbond substituents is 1. The molecule has 0 amide bonds. The summed E-state index contributed by atoms with van der Waals surface area (Å²) >= 11 is 0. The number of aromatic hydroxyl groups is 1. The minimum Gasteiger partial charge on any atom is -0.508 e. The van der Waals surface area contributed by atoms with Crippen molar-refractivity contribution in [3.05, 3.63) is 59.7 Å². The normalized spacial score (nSPS) is 28.4. The lowest BCUT2D eigenvalue weighted by Crippen LogP contribution is -2.60. The third-order valence-corrected chi connectivity index (χ3v) is 4.28. The first-order valence-corrected chi connectivity index (χ1v) is 8.52. The summed E-state index contributed by atoms with van der Waals surface area (Å²) in [6.07, 6.45) is -3.24. The van der Waals surface area contributed by atoms with Crippen molar-refractivity contribution in [1.82, 2.24) is 0 Å². The van der Waals surface area contributed by atoms with Crippen LogP contribution in [0.5, 0.6) is 11.5 Å². The van der Waals surface area contributed by atoms with Crippen LogP contribution in [0.2, 0.25) is 0 Å². The fourth-order valence-corrected chi connectivity index (χ4v) is 2.83. The van der Waals surface area contributed by atoms with Gasteiger partial charge in [0, 0.05) is 6.07 Å². The van der Waals surface area contributed by atoms with Crippen molar-refractivity contribution < 1.29 is 35.0 Å². The van der Waals surface area contributed by atoms with Crippen molar-refractivity contribution in [2.45, 2.75) is 30.7 Å². The minimum atomic E-state index is -1.53. The number of rotatable bonds is 5. The van der Waals surface area contributed by atoms with E-state index < -0.39 is 37.3 Å². The molecule has 7 heteroatoms. The van der Waals surface area contributed by atoms with Gasteiger partial charge in [0.15, 0.2) is 0 Å². The molecule has 144 valence electrons. The van der Waals surface area contributed by atoms with Crippen LogP contribution in [0.25, 0.3) is 12.2 Å². The van der Waals surface area contributed by atoms with Crippen LogP contribution < -0.4 is 4.74 Å². The van der Waals surface area contributed by atoms with Crippen molar-refractivity contribution >= 4 is 12.2 Å². The number of ether oxygens (including phenoxy) is 2. The van der Waals surface area contributed by atoms with Crippen molar-refractivity contribution in [2.75, 3.05) is 6.61 Å². The van der Waals surface area contributed by atoms with E-state index in [0.717, 1.165) is 5.56 Å². The highest BCUT2D eigenvalue weighted by atomic mass is 16.7. The monoisotopic (exact) mass is 374 g/mol. The van der Waals surface area contributed by atoms with Crippen LogP contribution in [0.3, 0.4) is 0 Å². The summed E-state index contributed by atoms with van der Waals surface area (Å²) in [5.74, 6) is 0.150. The van der Waals surface area contributed by atoms with Crippen LogP contribution in [-0.2, 0) is 4.74 Å². The number of aliphatic hydroxyl groups is 4. The van der Waals surface area contributed by atoms with Gasteiger partial charge in [-0.3, -0.25) is 0 Å². The van der Waals surface area contributed by atoms with Crippen LogP contribution in [0, 0.1) is 0 Å². The van der Waals surface area contributed by atoms with E-state index in [9.17, 15) is 25.5 Å². The standard InChI is InChI=1S/C20H22O7/c21-11-16-17(23)18(24)19(25)20(27-16)26-15-9-13(8-14(22)10-15)7-6-12-4-2-1-3-5-12/h1-10,16-25H,11H2/t16-,17-,18+,19-,20-/m1/s1. The van der Waals surface area contributed by atoms with Gasteiger partial charge in [-0.2, -0.15) is 0 Å². The summed E-state index contributed by atoms with van der Waals surface area (Å²) in [4.78, 5) is 0. The Morgan fingerprint density at radius 3 is 2.30 bits per heavy atom. The maximum absolute atomic E-state index is 10.1. The van der Waals surface area contributed by atoms with Gasteiger partial charge in [0.2, 0.25) is 6.29 Å². The maximum atomic E-state index is 10.1. The average molecular weight is 374 g/mol. The summed E-state index contributed by atoms with van der Waals surface area (Å²) in [6, 6.07) is 14.1. The van der Waals surface area contributed by atoms with Gasteiger partial charge >= 0.3 is 0 Å². The topological polar surface area (TPSA) is 120 Å². The zero-order valence-electron chi connectivity index (χ0n) is 14.4. The molecule has 2 aromatic rings. The Balaban J connectivity index is 1.77. The first-order valence-electron chi connectivity index (χ1n) is 8.52. The van der Waals surface area contributed by atoms with Crippen molar-refractivity contribution in [3.8, 4) is 11.5 Å². The highest BCUT2D eigenvalue weighted by molar-refractivity contribution is 5.70.